The number of nitrogens with one attached hydrogen (secondary N) is 1. The van der Waals surface area contributed by atoms with Gasteiger partial charge in [0.1, 0.15) is 11.8 Å². The molecule has 1 atom stereocenters. The van der Waals surface area contributed by atoms with Crippen molar-refractivity contribution in [2.75, 3.05) is 19.1 Å². The molecule has 1 unspecified atom stereocenters. The van der Waals surface area contributed by atoms with Crippen molar-refractivity contribution < 1.29 is 19.1 Å². The minimum absolute atomic E-state index is 0.378. The van der Waals surface area contributed by atoms with Gasteiger partial charge in [0, 0.05) is 12.6 Å². The first-order chi connectivity index (χ1) is 9.45. The van der Waals surface area contributed by atoms with Crippen molar-refractivity contribution in [2.45, 2.75) is 25.9 Å². The molecule has 0 radical (unpaired) electrons. The molecule has 1 heterocycles. The number of carbonyl (C=O) groups excluding carboxylic acids is 1. The van der Waals surface area contributed by atoms with E-state index in [1.54, 1.807) is 31.1 Å². The fourth-order valence-electron chi connectivity index (χ4n) is 1.65. The zero-order valence-corrected chi connectivity index (χ0v) is 12.7. The zero-order valence-electron chi connectivity index (χ0n) is 11.9. The summed E-state index contributed by atoms with van der Waals surface area (Å²) in [7, 11) is 1.62. The Hall–Kier alpha value is -1.63. The molecule has 0 aliphatic rings. The summed E-state index contributed by atoms with van der Waals surface area (Å²) in [5.74, 6) is 0.420. The van der Waals surface area contributed by atoms with E-state index in [4.69, 9.17) is 9.52 Å². The molecule has 0 bridgehead atoms. The predicted octanol–water partition coefficient (Wildman–Crippen LogP) is 1.94. The molecule has 0 aromatic carbocycles. The van der Waals surface area contributed by atoms with E-state index in [-0.39, 0.29) is 0 Å². The van der Waals surface area contributed by atoms with E-state index < -0.39 is 18.0 Å². The maximum absolute atomic E-state index is 12.0. The van der Waals surface area contributed by atoms with Gasteiger partial charge >= 0.3 is 12.0 Å². The number of carboxylic acids is 1. The summed E-state index contributed by atoms with van der Waals surface area (Å²) in [5.41, 5.74) is 0.902. The van der Waals surface area contributed by atoms with Crippen molar-refractivity contribution in [1.82, 2.24) is 10.2 Å². The third-order valence-corrected chi connectivity index (χ3v) is 3.57. The fraction of sp³-hybridized carbons (Fsp3) is 0.538. The number of carbonyl (C=O) groups is 2. The van der Waals surface area contributed by atoms with E-state index in [2.05, 4.69) is 5.32 Å². The molecule has 112 valence electrons. The summed E-state index contributed by atoms with van der Waals surface area (Å²) in [6.07, 6.45) is 3.87. The molecule has 0 saturated carbocycles. The largest absolute Gasteiger partial charge is 0.480 e. The van der Waals surface area contributed by atoms with Crippen molar-refractivity contribution >= 4 is 23.8 Å². The molecule has 0 fully saturated rings. The van der Waals surface area contributed by atoms with Crippen LogP contribution < -0.4 is 5.32 Å². The Bertz CT molecular complexity index is 461. The lowest BCUT2D eigenvalue weighted by molar-refractivity contribution is -0.139. The Morgan fingerprint density at radius 2 is 2.25 bits per heavy atom. The topological polar surface area (TPSA) is 82.8 Å². The molecule has 1 aromatic rings. The Kier molecular flexibility index (Phi) is 6.44. The second kappa shape index (κ2) is 7.84. The number of thioether (sulfide) groups is 1. The highest BCUT2D eigenvalue weighted by Crippen LogP contribution is 2.11. The van der Waals surface area contributed by atoms with E-state index in [9.17, 15) is 9.59 Å². The van der Waals surface area contributed by atoms with Gasteiger partial charge in [-0.05, 0) is 31.4 Å². The number of amides is 2. The van der Waals surface area contributed by atoms with Gasteiger partial charge in [-0.1, -0.05) is 0 Å². The molecule has 2 N–H and O–H groups in total. The third-order valence-electron chi connectivity index (χ3n) is 2.93. The minimum Gasteiger partial charge on any atom is -0.480 e. The zero-order chi connectivity index (χ0) is 15.1. The van der Waals surface area contributed by atoms with Gasteiger partial charge in [0.15, 0.2) is 0 Å². The van der Waals surface area contributed by atoms with Crippen LogP contribution in [0.3, 0.4) is 0 Å². The molecule has 1 rings (SSSR count). The first kappa shape index (κ1) is 16.4. The van der Waals surface area contributed by atoms with Gasteiger partial charge in [0.05, 0.1) is 12.8 Å². The smallest absolute Gasteiger partial charge is 0.326 e. The SMILES string of the molecule is CSCCC(NC(=O)N(C)Cc1ccoc1C)C(=O)O. The fourth-order valence-corrected chi connectivity index (χ4v) is 2.13. The number of carboxylic acid groups (broad SMARTS) is 1. The highest BCUT2D eigenvalue weighted by atomic mass is 32.2. The Morgan fingerprint density at radius 1 is 1.55 bits per heavy atom. The first-order valence-corrected chi connectivity index (χ1v) is 7.61. The number of rotatable bonds is 7. The Morgan fingerprint density at radius 3 is 2.75 bits per heavy atom. The van der Waals surface area contributed by atoms with Crippen LogP contribution >= 0.6 is 11.8 Å². The summed E-state index contributed by atoms with van der Waals surface area (Å²) < 4.78 is 5.16. The second-order valence-electron chi connectivity index (χ2n) is 4.48. The number of aliphatic carboxylic acids is 1. The molecule has 1 aromatic heterocycles. The van der Waals surface area contributed by atoms with Crippen molar-refractivity contribution in [1.29, 1.82) is 0 Å². The van der Waals surface area contributed by atoms with Crippen LogP contribution in [0.4, 0.5) is 4.79 Å². The number of hydrogen-bond acceptors (Lipinski definition) is 4. The molecule has 0 spiro atoms. The van der Waals surface area contributed by atoms with E-state index in [1.165, 1.54) is 4.90 Å². The van der Waals surface area contributed by atoms with Gasteiger partial charge in [-0.2, -0.15) is 11.8 Å². The van der Waals surface area contributed by atoms with Gasteiger partial charge in [0.2, 0.25) is 0 Å². The monoisotopic (exact) mass is 300 g/mol. The van der Waals surface area contributed by atoms with Crippen LogP contribution in [-0.4, -0.2) is 47.1 Å². The molecule has 6 nitrogen and oxygen atoms in total. The minimum atomic E-state index is -1.01. The molecule has 20 heavy (non-hydrogen) atoms. The van der Waals surface area contributed by atoms with Crippen LogP contribution in [0.2, 0.25) is 0 Å². The van der Waals surface area contributed by atoms with Gasteiger partial charge in [-0.3, -0.25) is 0 Å². The predicted molar refractivity (Wildman–Crippen MR) is 77.9 cm³/mol. The Labute approximate surface area is 122 Å². The van der Waals surface area contributed by atoms with Gasteiger partial charge in [0.25, 0.3) is 0 Å². The van der Waals surface area contributed by atoms with E-state index >= 15 is 0 Å². The quantitative estimate of drug-likeness (QED) is 0.804. The van der Waals surface area contributed by atoms with Crippen LogP contribution in [0.25, 0.3) is 0 Å². The first-order valence-electron chi connectivity index (χ1n) is 6.22. The van der Waals surface area contributed by atoms with Crippen molar-refractivity contribution in [2.24, 2.45) is 0 Å². The Balaban J connectivity index is 2.55. The van der Waals surface area contributed by atoms with Gasteiger partial charge in [-0.25, -0.2) is 9.59 Å². The standard InChI is InChI=1S/C13H20N2O4S/c1-9-10(4-6-19-9)8-15(2)13(18)14-11(12(16)17)5-7-20-3/h4,6,11H,5,7-8H2,1-3H3,(H,14,18)(H,16,17). The highest BCUT2D eigenvalue weighted by molar-refractivity contribution is 7.98. The average Bonchev–Trinajstić information content (AvgIpc) is 2.79. The average molecular weight is 300 g/mol. The van der Waals surface area contributed by atoms with E-state index in [0.717, 1.165) is 11.3 Å². The lowest BCUT2D eigenvalue weighted by Gasteiger charge is -2.21. The summed E-state index contributed by atoms with van der Waals surface area (Å²) in [5, 5.41) is 11.6. The highest BCUT2D eigenvalue weighted by Gasteiger charge is 2.21. The molecule has 2 amide bonds. The van der Waals surface area contributed by atoms with Crippen LogP contribution in [0.5, 0.6) is 0 Å². The third kappa shape index (κ3) is 4.80. The summed E-state index contributed by atoms with van der Waals surface area (Å²) in [6, 6.07) is 0.531. The number of nitrogens with zero attached hydrogens (tertiary/aromatic N) is 1. The second-order valence-corrected chi connectivity index (χ2v) is 5.47. The number of aryl methyl sites for hydroxylation is 1. The normalized spacial score (nSPS) is 11.9. The van der Waals surface area contributed by atoms with Gasteiger partial charge < -0.3 is 19.7 Å². The maximum Gasteiger partial charge on any atom is 0.326 e. The number of hydrogen-bond donors (Lipinski definition) is 2. The number of urea groups is 1. The van der Waals surface area contributed by atoms with Crippen LogP contribution in [0, 0.1) is 6.92 Å². The molecule has 7 heteroatoms. The molecule has 0 aliphatic heterocycles. The van der Waals surface area contributed by atoms with Crippen molar-refractivity contribution in [3.63, 3.8) is 0 Å². The van der Waals surface area contributed by atoms with Gasteiger partial charge in [-0.15, -0.1) is 0 Å². The van der Waals surface area contributed by atoms with E-state index in [1.807, 2.05) is 13.2 Å². The summed E-state index contributed by atoms with van der Waals surface area (Å²) in [4.78, 5) is 24.5. The lowest BCUT2D eigenvalue weighted by Crippen LogP contribution is -2.46. The summed E-state index contributed by atoms with van der Waals surface area (Å²) in [6.45, 7) is 2.20. The molecular formula is C13H20N2O4S. The lowest BCUT2D eigenvalue weighted by atomic mass is 10.2. The van der Waals surface area contributed by atoms with Crippen LogP contribution in [-0.2, 0) is 11.3 Å². The molecule has 0 aliphatic carbocycles. The van der Waals surface area contributed by atoms with Crippen LogP contribution in [0.1, 0.15) is 17.7 Å². The maximum atomic E-state index is 12.0. The van der Waals surface area contributed by atoms with E-state index in [0.29, 0.717) is 18.7 Å². The summed E-state index contributed by atoms with van der Waals surface area (Å²) >= 11 is 1.55. The molecule has 0 saturated heterocycles. The number of furan rings is 1. The van der Waals surface area contributed by atoms with Crippen LogP contribution in [0.15, 0.2) is 16.7 Å². The van der Waals surface area contributed by atoms with Crippen molar-refractivity contribution in [3.8, 4) is 0 Å². The van der Waals surface area contributed by atoms with Crippen molar-refractivity contribution in [3.05, 3.63) is 23.7 Å². The molecular weight excluding hydrogens is 280 g/mol.